The lowest BCUT2D eigenvalue weighted by molar-refractivity contribution is -0.132. The minimum absolute atomic E-state index is 0.0173. The second-order valence-corrected chi connectivity index (χ2v) is 8.49. The van der Waals surface area contributed by atoms with Gasteiger partial charge in [0.1, 0.15) is 19.8 Å². The molecule has 8 nitrogen and oxygen atoms in total. The molecule has 1 saturated heterocycles. The summed E-state index contributed by atoms with van der Waals surface area (Å²) in [6.07, 6.45) is 1.40. The van der Waals surface area contributed by atoms with E-state index in [0.717, 1.165) is 5.69 Å². The van der Waals surface area contributed by atoms with Gasteiger partial charge in [-0.2, -0.15) is 0 Å². The predicted octanol–water partition coefficient (Wildman–Crippen LogP) is 2.38. The molecule has 8 heteroatoms. The number of carbonyl (C=O) groups is 2. The number of ether oxygens (including phenoxy) is 3. The Hall–Kier alpha value is -3.13. The minimum atomic E-state index is -0.316. The van der Waals surface area contributed by atoms with Gasteiger partial charge in [0.2, 0.25) is 5.91 Å². The number of carbonyl (C=O) groups excluding carboxylic acids is 2. The summed E-state index contributed by atoms with van der Waals surface area (Å²) in [4.78, 5) is 34.0. The molecule has 2 aliphatic rings. The van der Waals surface area contributed by atoms with Crippen LogP contribution in [0.1, 0.15) is 29.9 Å². The van der Waals surface area contributed by atoms with Gasteiger partial charge in [-0.1, -0.05) is 19.9 Å². The quantitative estimate of drug-likeness (QED) is 0.688. The smallest absolute Gasteiger partial charge is 0.254 e. The van der Waals surface area contributed by atoms with E-state index in [1.165, 1.54) is 0 Å². The average molecular weight is 440 g/mol. The zero-order chi connectivity index (χ0) is 22.5. The van der Waals surface area contributed by atoms with Crippen molar-refractivity contribution in [2.24, 2.45) is 5.92 Å². The van der Waals surface area contributed by atoms with Crippen molar-refractivity contribution in [3.8, 4) is 11.5 Å². The van der Waals surface area contributed by atoms with Crippen molar-refractivity contribution in [1.29, 1.82) is 0 Å². The van der Waals surface area contributed by atoms with Gasteiger partial charge in [-0.05, 0) is 36.2 Å². The number of aromatic nitrogens is 1. The van der Waals surface area contributed by atoms with Gasteiger partial charge in [0.15, 0.2) is 11.5 Å². The Balaban J connectivity index is 1.52. The SMILES string of the molecule is CC(C)CN1CC(OCc2ccccn2)CN(C(=O)c2ccc3c(c2)OCCO3)CC1=O. The third-order valence-corrected chi connectivity index (χ3v) is 5.38. The van der Waals surface area contributed by atoms with Gasteiger partial charge in [-0.3, -0.25) is 14.6 Å². The van der Waals surface area contributed by atoms with E-state index < -0.39 is 0 Å². The number of pyridine rings is 1. The van der Waals surface area contributed by atoms with E-state index in [-0.39, 0.29) is 24.5 Å². The second kappa shape index (κ2) is 9.99. The number of amides is 2. The molecule has 4 rings (SSSR count). The first-order valence-corrected chi connectivity index (χ1v) is 11.0. The molecule has 32 heavy (non-hydrogen) atoms. The van der Waals surface area contributed by atoms with E-state index in [4.69, 9.17) is 14.2 Å². The second-order valence-electron chi connectivity index (χ2n) is 8.49. The third-order valence-electron chi connectivity index (χ3n) is 5.38. The van der Waals surface area contributed by atoms with Crippen molar-refractivity contribution >= 4 is 11.8 Å². The van der Waals surface area contributed by atoms with Crippen LogP contribution in [0.4, 0.5) is 0 Å². The molecule has 0 N–H and O–H groups in total. The summed E-state index contributed by atoms with van der Waals surface area (Å²) in [5.74, 6) is 1.18. The van der Waals surface area contributed by atoms with E-state index in [2.05, 4.69) is 18.8 Å². The maximum atomic E-state index is 13.3. The summed E-state index contributed by atoms with van der Waals surface area (Å²) in [5.41, 5.74) is 1.27. The maximum absolute atomic E-state index is 13.3. The van der Waals surface area contributed by atoms with Crippen molar-refractivity contribution < 1.29 is 23.8 Å². The van der Waals surface area contributed by atoms with Gasteiger partial charge >= 0.3 is 0 Å². The molecule has 0 spiro atoms. The van der Waals surface area contributed by atoms with Crippen molar-refractivity contribution in [2.45, 2.75) is 26.6 Å². The van der Waals surface area contributed by atoms with E-state index in [1.807, 2.05) is 18.2 Å². The Labute approximate surface area is 188 Å². The van der Waals surface area contributed by atoms with E-state index in [9.17, 15) is 9.59 Å². The largest absolute Gasteiger partial charge is 0.486 e. The van der Waals surface area contributed by atoms with Gasteiger partial charge in [-0.15, -0.1) is 0 Å². The topological polar surface area (TPSA) is 81.2 Å². The average Bonchev–Trinajstić information content (AvgIpc) is 2.95. The van der Waals surface area contributed by atoms with Crippen LogP contribution in [-0.2, 0) is 16.1 Å². The number of benzene rings is 1. The Morgan fingerprint density at radius 2 is 1.97 bits per heavy atom. The van der Waals surface area contributed by atoms with Crippen LogP contribution in [0.3, 0.4) is 0 Å². The standard InChI is InChI=1S/C24H29N3O5/c1-17(2)12-26-13-20(32-16-19-5-3-4-8-25-19)14-27(15-23(26)28)24(29)18-6-7-21-22(11-18)31-10-9-30-21/h3-8,11,17,20H,9-10,12-16H2,1-2H3. The maximum Gasteiger partial charge on any atom is 0.254 e. The van der Waals surface area contributed by atoms with Crippen molar-refractivity contribution in [3.05, 3.63) is 53.9 Å². The normalized spacial score (nSPS) is 18.6. The molecule has 1 aromatic carbocycles. The summed E-state index contributed by atoms with van der Waals surface area (Å²) < 4.78 is 17.3. The summed E-state index contributed by atoms with van der Waals surface area (Å²) in [6, 6.07) is 10.8. The van der Waals surface area contributed by atoms with Gasteiger partial charge in [0.25, 0.3) is 5.91 Å². The summed E-state index contributed by atoms with van der Waals surface area (Å²) in [6.45, 7) is 6.79. The van der Waals surface area contributed by atoms with Crippen molar-refractivity contribution in [2.75, 3.05) is 39.4 Å². The van der Waals surface area contributed by atoms with Crippen LogP contribution < -0.4 is 9.47 Å². The van der Waals surface area contributed by atoms with Gasteiger partial charge in [0.05, 0.1) is 18.4 Å². The highest BCUT2D eigenvalue weighted by Crippen LogP contribution is 2.31. The third kappa shape index (κ3) is 5.37. The van der Waals surface area contributed by atoms with Crippen LogP contribution in [0.2, 0.25) is 0 Å². The molecule has 0 saturated carbocycles. The molecule has 1 aromatic heterocycles. The molecular formula is C24H29N3O5. The first kappa shape index (κ1) is 22.1. The zero-order valence-electron chi connectivity index (χ0n) is 18.5. The van der Waals surface area contributed by atoms with Crippen molar-refractivity contribution in [3.63, 3.8) is 0 Å². The fraction of sp³-hybridized carbons (Fsp3) is 0.458. The first-order valence-electron chi connectivity index (χ1n) is 11.0. The van der Waals surface area contributed by atoms with Crippen LogP contribution in [0.25, 0.3) is 0 Å². The Morgan fingerprint density at radius 3 is 2.72 bits per heavy atom. The fourth-order valence-electron chi connectivity index (χ4n) is 3.90. The Kier molecular flexibility index (Phi) is 6.90. The molecule has 170 valence electrons. The molecule has 1 fully saturated rings. The first-order chi connectivity index (χ1) is 15.5. The predicted molar refractivity (Wildman–Crippen MR) is 118 cm³/mol. The lowest BCUT2D eigenvalue weighted by Gasteiger charge is -2.26. The van der Waals surface area contributed by atoms with E-state index >= 15 is 0 Å². The number of fused-ring (bicyclic) bond motifs is 1. The van der Waals surface area contributed by atoms with Crippen LogP contribution in [0.15, 0.2) is 42.6 Å². The molecule has 0 bridgehead atoms. The van der Waals surface area contributed by atoms with Crippen LogP contribution in [-0.4, -0.2) is 72.1 Å². The highest BCUT2D eigenvalue weighted by molar-refractivity contribution is 5.97. The lowest BCUT2D eigenvalue weighted by Crippen LogP contribution is -2.40. The van der Waals surface area contributed by atoms with Crippen LogP contribution in [0, 0.1) is 5.92 Å². The lowest BCUT2D eigenvalue weighted by atomic mass is 10.1. The molecule has 0 radical (unpaired) electrons. The molecule has 1 atom stereocenters. The van der Waals surface area contributed by atoms with Crippen LogP contribution >= 0.6 is 0 Å². The molecule has 1 unspecified atom stereocenters. The fourth-order valence-corrected chi connectivity index (χ4v) is 3.90. The number of rotatable bonds is 6. The monoisotopic (exact) mass is 439 g/mol. The number of nitrogens with zero attached hydrogens (tertiary/aromatic N) is 3. The van der Waals surface area contributed by atoms with Crippen molar-refractivity contribution in [1.82, 2.24) is 14.8 Å². The van der Waals surface area contributed by atoms with E-state index in [0.29, 0.717) is 62.4 Å². The Bertz CT molecular complexity index is 950. The van der Waals surface area contributed by atoms with Gasteiger partial charge in [-0.25, -0.2) is 0 Å². The number of hydrogen-bond donors (Lipinski definition) is 0. The highest BCUT2D eigenvalue weighted by atomic mass is 16.6. The molecular weight excluding hydrogens is 410 g/mol. The van der Waals surface area contributed by atoms with Gasteiger partial charge in [0, 0.05) is 31.4 Å². The zero-order valence-corrected chi connectivity index (χ0v) is 18.5. The van der Waals surface area contributed by atoms with E-state index in [1.54, 1.807) is 34.2 Å². The van der Waals surface area contributed by atoms with Crippen LogP contribution in [0.5, 0.6) is 11.5 Å². The minimum Gasteiger partial charge on any atom is -0.486 e. The summed E-state index contributed by atoms with van der Waals surface area (Å²) in [7, 11) is 0. The van der Waals surface area contributed by atoms with Gasteiger partial charge < -0.3 is 24.0 Å². The Morgan fingerprint density at radius 1 is 1.16 bits per heavy atom. The molecule has 2 amide bonds. The molecule has 3 heterocycles. The molecule has 2 aliphatic heterocycles. The summed E-state index contributed by atoms with van der Waals surface area (Å²) >= 11 is 0. The molecule has 0 aliphatic carbocycles. The highest BCUT2D eigenvalue weighted by Gasteiger charge is 2.32. The number of hydrogen-bond acceptors (Lipinski definition) is 6. The summed E-state index contributed by atoms with van der Waals surface area (Å²) in [5, 5.41) is 0. The molecule has 2 aromatic rings.